The number of nitro benzene ring substituents is 1. The zero-order valence-electron chi connectivity index (χ0n) is 11.3. The van der Waals surface area contributed by atoms with Crippen LogP contribution in [-0.2, 0) is 0 Å². The van der Waals surface area contributed by atoms with Crippen LogP contribution in [0.3, 0.4) is 0 Å². The highest BCUT2D eigenvalue weighted by Crippen LogP contribution is 2.25. The molecule has 2 aromatic carbocycles. The Bertz CT molecular complexity index is 670. The van der Waals surface area contributed by atoms with E-state index in [-0.39, 0.29) is 11.4 Å². The molecule has 0 saturated carbocycles. The van der Waals surface area contributed by atoms with Gasteiger partial charge >= 0.3 is 0 Å². The molecule has 1 N–H and O–H groups in total. The van der Waals surface area contributed by atoms with Gasteiger partial charge in [0.15, 0.2) is 11.3 Å². The van der Waals surface area contributed by atoms with Crippen molar-refractivity contribution in [1.29, 1.82) is 0 Å². The number of hydrogen-bond acceptors (Lipinski definition) is 3. The van der Waals surface area contributed by atoms with Crippen LogP contribution in [0.15, 0.2) is 36.4 Å². The number of non-ortho nitro benzene ring substituents is 1. The van der Waals surface area contributed by atoms with E-state index in [0.29, 0.717) is 5.56 Å². The minimum atomic E-state index is -0.490. The van der Waals surface area contributed by atoms with Crippen molar-refractivity contribution in [3.8, 4) is 5.75 Å². The highest BCUT2D eigenvalue weighted by molar-refractivity contribution is 5.62. The second-order valence-electron chi connectivity index (χ2n) is 4.56. The maximum Gasteiger partial charge on any atom is 0.280 e. The Hall–Kier alpha value is -2.71. The molecule has 0 bridgehead atoms. The van der Waals surface area contributed by atoms with Gasteiger partial charge in [-0.05, 0) is 38.1 Å². The first kappa shape index (κ1) is 13.7. The van der Waals surface area contributed by atoms with E-state index in [0.717, 1.165) is 16.7 Å². The number of phenols is 1. The second-order valence-corrected chi connectivity index (χ2v) is 4.56. The number of aromatic hydroxyl groups is 1. The van der Waals surface area contributed by atoms with Gasteiger partial charge in [0, 0.05) is 23.3 Å². The number of phenolic OH excluding ortho intramolecular Hbond substituents is 1. The molecular weight excluding hydrogens is 254 g/mol. The highest BCUT2D eigenvalue weighted by atomic mass is 16.6. The average Bonchev–Trinajstić information content (AvgIpc) is 2.39. The third-order valence-electron chi connectivity index (χ3n) is 3.08. The van der Waals surface area contributed by atoms with Crippen molar-refractivity contribution in [3.05, 3.63) is 74.8 Å². The molecular formula is C16H14NO3+. The lowest BCUT2D eigenvalue weighted by Gasteiger charge is -1.97. The summed E-state index contributed by atoms with van der Waals surface area (Å²) in [5.74, 6) is -0.00524. The molecule has 4 heteroatoms. The van der Waals surface area contributed by atoms with Gasteiger partial charge < -0.3 is 5.11 Å². The molecule has 0 heterocycles. The molecule has 100 valence electrons. The molecule has 4 nitrogen and oxygen atoms in total. The molecule has 0 unspecified atom stereocenters. The summed E-state index contributed by atoms with van der Waals surface area (Å²) in [4.78, 5) is 10.2. The molecule has 20 heavy (non-hydrogen) atoms. The smallest absolute Gasteiger partial charge is 0.280 e. The monoisotopic (exact) mass is 268 g/mol. The summed E-state index contributed by atoms with van der Waals surface area (Å²) in [6.45, 7) is 3.94. The number of nitro groups is 1. The van der Waals surface area contributed by atoms with E-state index >= 15 is 0 Å². The minimum Gasteiger partial charge on any atom is -0.499 e. The molecule has 0 atom stereocenters. The van der Waals surface area contributed by atoms with Gasteiger partial charge in [-0.3, -0.25) is 10.1 Å². The Balaban J connectivity index is 2.41. The Morgan fingerprint density at radius 1 is 1.20 bits per heavy atom. The van der Waals surface area contributed by atoms with E-state index in [4.69, 9.17) is 0 Å². The fourth-order valence-electron chi connectivity index (χ4n) is 1.96. The zero-order valence-corrected chi connectivity index (χ0v) is 11.3. The first-order valence-electron chi connectivity index (χ1n) is 6.12. The Labute approximate surface area is 117 Å². The summed E-state index contributed by atoms with van der Waals surface area (Å²) < 4.78 is 0. The first-order valence-corrected chi connectivity index (χ1v) is 6.12. The normalized spacial score (nSPS) is 10.5. The summed E-state index contributed by atoms with van der Waals surface area (Å²) in [5.41, 5.74) is 3.37. The number of nitrogens with zero attached hydrogens (tertiary/aromatic N) is 1. The summed E-state index contributed by atoms with van der Waals surface area (Å²) in [5, 5.41) is 20.5. The molecule has 0 spiro atoms. The number of hydrogen-bond donors (Lipinski definition) is 1. The van der Waals surface area contributed by atoms with Crippen LogP contribution in [0.4, 0.5) is 5.69 Å². The zero-order chi connectivity index (χ0) is 14.7. The Morgan fingerprint density at radius 3 is 2.45 bits per heavy atom. The third kappa shape index (κ3) is 2.82. The predicted molar refractivity (Wildman–Crippen MR) is 77.5 cm³/mol. The molecule has 0 aliphatic rings. The molecule has 0 fully saturated rings. The fourth-order valence-corrected chi connectivity index (χ4v) is 1.96. The van der Waals surface area contributed by atoms with Crippen LogP contribution in [0.2, 0.25) is 0 Å². The van der Waals surface area contributed by atoms with Crippen molar-refractivity contribution >= 4 is 11.8 Å². The van der Waals surface area contributed by atoms with Crippen molar-refractivity contribution in [1.82, 2.24) is 0 Å². The fraction of sp³-hybridized carbons (Fsp3) is 0.125. The first-order chi connectivity index (χ1) is 9.49. The van der Waals surface area contributed by atoms with Gasteiger partial charge in [0.25, 0.3) is 5.69 Å². The van der Waals surface area contributed by atoms with Crippen LogP contribution < -0.4 is 0 Å². The number of benzene rings is 2. The molecule has 0 amide bonds. The van der Waals surface area contributed by atoms with Crippen molar-refractivity contribution < 1.29 is 10.0 Å². The summed E-state index contributed by atoms with van der Waals surface area (Å²) in [6, 6.07) is 9.81. The number of aryl methyl sites for hydroxylation is 2. The van der Waals surface area contributed by atoms with Crippen molar-refractivity contribution in [3.63, 3.8) is 0 Å². The van der Waals surface area contributed by atoms with Crippen LogP contribution in [0.1, 0.15) is 22.3 Å². The third-order valence-corrected chi connectivity index (χ3v) is 3.08. The minimum absolute atomic E-state index is 0.00524. The Kier molecular flexibility index (Phi) is 3.78. The SMILES string of the molecule is Cc1cccc(C)c1[C+]=Cc1cc([N+](=O)[O-])ccc1O. The van der Waals surface area contributed by atoms with Gasteiger partial charge in [-0.1, -0.05) is 0 Å². The van der Waals surface area contributed by atoms with Gasteiger partial charge in [-0.25, -0.2) is 0 Å². The van der Waals surface area contributed by atoms with Gasteiger partial charge in [-0.2, -0.15) is 0 Å². The highest BCUT2D eigenvalue weighted by Gasteiger charge is 2.13. The van der Waals surface area contributed by atoms with E-state index in [1.54, 1.807) is 6.08 Å². The van der Waals surface area contributed by atoms with Gasteiger partial charge in [-0.15, -0.1) is 0 Å². The molecule has 2 aromatic rings. The van der Waals surface area contributed by atoms with Crippen LogP contribution in [0, 0.1) is 30.0 Å². The summed E-state index contributed by atoms with van der Waals surface area (Å²) in [6.07, 6.45) is 4.66. The van der Waals surface area contributed by atoms with Crippen LogP contribution in [0.25, 0.3) is 6.08 Å². The van der Waals surface area contributed by atoms with Crippen LogP contribution in [-0.4, -0.2) is 10.0 Å². The number of rotatable bonds is 3. The van der Waals surface area contributed by atoms with E-state index in [9.17, 15) is 15.2 Å². The molecule has 0 saturated heterocycles. The molecule has 0 aliphatic carbocycles. The summed E-state index contributed by atoms with van der Waals surface area (Å²) >= 11 is 0. The van der Waals surface area contributed by atoms with E-state index < -0.39 is 4.92 Å². The van der Waals surface area contributed by atoms with Gasteiger partial charge in [0.2, 0.25) is 0 Å². The van der Waals surface area contributed by atoms with Crippen LogP contribution in [0.5, 0.6) is 5.75 Å². The summed E-state index contributed by atoms with van der Waals surface area (Å²) in [7, 11) is 0. The topological polar surface area (TPSA) is 63.4 Å². The van der Waals surface area contributed by atoms with Gasteiger partial charge in [0.05, 0.1) is 22.6 Å². The van der Waals surface area contributed by atoms with Crippen molar-refractivity contribution in [2.75, 3.05) is 0 Å². The molecule has 2 rings (SSSR count). The molecule has 0 radical (unpaired) electrons. The lowest BCUT2D eigenvalue weighted by Crippen LogP contribution is -1.89. The van der Waals surface area contributed by atoms with Crippen LogP contribution >= 0.6 is 0 Å². The molecule has 0 aliphatic heterocycles. The van der Waals surface area contributed by atoms with E-state index in [1.165, 1.54) is 18.2 Å². The lowest BCUT2D eigenvalue weighted by atomic mass is 10.0. The van der Waals surface area contributed by atoms with Crippen molar-refractivity contribution in [2.45, 2.75) is 13.8 Å². The maximum absolute atomic E-state index is 10.7. The maximum atomic E-state index is 10.7. The predicted octanol–water partition coefficient (Wildman–Crippen LogP) is 3.78. The Morgan fingerprint density at radius 2 is 1.85 bits per heavy atom. The van der Waals surface area contributed by atoms with Crippen molar-refractivity contribution in [2.24, 2.45) is 0 Å². The van der Waals surface area contributed by atoms with E-state index in [2.05, 4.69) is 6.08 Å². The second kappa shape index (κ2) is 5.51. The quantitative estimate of drug-likeness (QED) is 0.399. The standard InChI is InChI=1S/C16H13NO3/c1-11-4-3-5-12(2)15(11)8-6-13-10-14(17(19)20)7-9-16(13)18/h3-7,9-10H,1-2H3/p+1. The largest absolute Gasteiger partial charge is 0.499 e. The lowest BCUT2D eigenvalue weighted by molar-refractivity contribution is -0.384. The van der Waals surface area contributed by atoms with Gasteiger partial charge in [0.1, 0.15) is 0 Å². The average molecular weight is 268 g/mol. The molecule has 0 aromatic heterocycles. The van der Waals surface area contributed by atoms with E-state index in [1.807, 2.05) is 32.0 Å².